The Bertz CT molecular complexity index is 1030. The molecular formula is C18H26N8O6. The van der Waals surface area contributed by atoms with E-state index >= 15 is 0 Å². The third-order valence-corrected chi connectivity index (χ3v) is 3.81. The summed E-state index contributed by atoms with van der Waals surface area (Å²) in [6.45, 7) is 5.45. The van der Waals surface area contributed by atoms with Crippen molar-refractivity contribution in [3.63, 3.8) is 0 Å². The predicted molar refractivity (Wildman–Crippen MR) is 112 cm³/mol. The minimum Gasteiger partial charge on any atom is -0.480 e. The van der Waals surface area contributed by atoms with Gasteiger partial charge in [0.25, 0.3) is 0 Å². The lowest BCUT2D eigenvalue weighted by molar-refractivity contribution is -0.144. The van der Waals surface area contributed by atoms with Crippen LogP contribution in [0.15, 0.2) is 6.33 Å². The van der Waals surface area contributed by atoms with Gasteiger partial charge >= 0.3 is 12.1 Å². The highest BCUT2D eigenvalue weighted by atomic mass is 16.6. The Hall–Kier alpha value is -3.97. The fourth-order valence-corrected chi connectivity index (χ4v) is 2.64. The van der Waals surface area contributed by atoms with E-state index in [0.29, 0.717) is 0 Å². The first-order valence-corrected chi connectivity index (χ1v) is 9.58. The van der Waals surface area contributed by atoms with E-state index in [2.05, 4.69) is 25.6 Å². The number of nitrogens with two attached hydrogens (primary N) is 1. The van der Waals surface area contributed by atoms with Crippen LogP contribution in [-0.2, 0) is 25.7 Å². The third kappa shape index (κ3) is 7.07. The van der Waals surface area contributed by atoms with Crippen molar-refractivity contribution in [2.75, 3.05) is 30.7 Å². The summed E-state index contributed by atoms with van der Waals surface area (Å²) in [6, 6.07) is 0. The number of carbonyl (C=O) groups excluding carboxylic acids is 3. The van der Waals surface area contributed by atoms with Crippen LogP contribution in [0.4, 0.5) is 16.6 Å². The first-order chi connectivity index (χ1) is 14.9. The van der Waals surface area contributed by atoms with Gasteiger partial charge in [-0.05, 0) is 20.8 Å². The zero-order valence-electron chi connectivity index (χ0n) is 18.2. The van der Waals surface area contributed by atoms with E-state index in [9.17, 15) is 19.2 Å². The molecule has 2 heterocycles. The average molecular weight is 450 g/mol. The molecule has 0 unspecified atom stereocenters. The molecular weight excluding hydrogens is 424 g/mol. The number of imidazole rings is 1. The molecule has 0 fully saturated rings. The number of rotatable bonds is 8. The monoisotopic (exact) mass is 450 g/mol. The molecule has 32 heavy (non-hydrogen) atoms. The second-order valence-electron chi connectivity index (χ2n) is 7.79. The van der Waals surface area contributed by atoms with E-state index in [-0.39, 0.29) is 48.5 Å². The van der Waals surface area contributed by atoms with E-state index in [1.54, 1.807) is 20.8 Å². The number of anilines is 2. The number of amides is 3. The summed E-state index contributed by atoms with van der Waals surface area (Å²) in [5, 5.41) is 14.1. The van der Waals surface area contributed by atoms with Crippen molar-refractivity contribution in [3.05, 3.63) is 6.33 Å². The van der Waals surface area contributed by atoms with Gasteiger partial charge in [-0.3, -0.25) is 14.4 Å². The van der Waals surface area contributed by atoms with Crippen molar-refractivity contribution in [2.45, 2.75) is 39.8 Å². The zero-order valence-corrected chi connectivity index (χ0v) is 18.2. The smallest absolute Gasteiger partial charge is 0.407 e. The number of nitrogen functional groups attached to an aromatic ring is 1. The Kier molecular flexibility index (Phi) is 7.51. The Morgan fingerprint density at radius 3 is 2.53 bits per heavy atom. The van der Waals surface area contributed by atoms with Gasteiger partial charge in [0, 0.05) is 20.0 Å². The van der Waals surface area contributed by atoms with Crippen LogP contribution in [0.3, 0.4) is 0 Å². The topological polar surface area (TPSA) is 195 Å². The molecule has 0 atom stereocenters. The lowest BCUT2D eigenvalue weighted by atomic mass is 10.2. The Labute approximate surface area is 183 Å². The van der Waals surface area contributed by atoms with Gasteiger partial charge in [0.05, 0.1) is 6.33 Å². The molecule has 2 rings (SSSR count). The highest BCUT2D eigenvalue weighted by molar-refractivity contribution is 5.96. The van der Waals surface area contributed by atoms with Crippen molar-refractivity contribution >= 4 is 46.8 Å². The SMILES string of the molecule is CC(=O)Nc1nc(N)nc2c1ncn2CC(=O)N(CCNC(=O)OC(C)(C)C)CC(=O)O. The number of nitrogens with one attached hydrogen (secondary N) is 2. The first kappa shape index (κ1) is 24.3. The molecule has 2 aromatic rings. The van der Waals surface area contributed by atoms with E-state index in [4.69, 9.17) is 15.6 Å². The molecule has 0 radical (unpaired) electrons. The van der Waals surface area contributed by atoms with Crippen LogP contribution in [0, 0.1) is 0 Å². The molecule has 3 amide bonds. The molecule has 2 aromatic heterocycles. The number of hydrogen-bond acceptors (Lipinski definition) is 9. The van der Waals surface area contributed by atoms with Crippen molar-refractivity contribution in [2.24, 2.45) is 0 Å². The lowest BCUT2D eigenvalue weighted by Crippen LogP contribution is -2.43. The summed E-state index contributed by atoms with van der Waals surface area (Å²) in [7, 11) is 0. The molecule has 174 valence electrons. The number of carboxylic acid groups (broad SMARTS) is 1. The fourth-order valence-electron chi connectivity index (χ4n) is 2.64. The van der Waals surface area contributed by atoms with Crippen LogP contribution < -0.4 is 16.4 Å². The van der Waals surface area contributed by atoms with E-state index in [0.717, 1.165) is 4.90 Å². The second kappa shape index (κ2) is 9.89. The molecule has 0 aliphatic heterocycles. The van der Waals surface area contributed by atoms with E-state index < -0.39 is 30.1 Å². The fraction of sp³-hybridized carbons (Fsp3) is 0.500. The summed E-state index contributed by atoms with van der Waals surface area (Å²) < 4.78 is 6.46. The van der Waals surface area contributed by atoms with Gasteiger partial charge in [0.1, 0.15) is 18.7 Å². The maximum atomic E-state index is 12.8. The van der Waals surface area contributed by atoms with Crippen molar-refractivity contribution in [1.29, 1.82) is 0 Å². The number of aromatic nitrogens is 4. The zero-order chi connectivity index (χ0) is 24.1. The quantitative estimate of drug-likeness (QED) is 0.418. The number of fused-ring (bicyclic) bond motifs is 1. The van der Waals surface area contributed by atoms with Gasteiger partial charge in [-0.15, -0.1) is 0 Å². The van der Waals surface area contributed by atoms with Crippen LogP contribution >= 0.6 is 0 Å². The van der Waals surface area contributed by atoms with E-state index in [1.165, 1.54) is 17.8 Å². The second-order valence-corrected chi connectivity index (χ2v) is 7.79. The summed E-state index contributed by atoms with van der Waals surface area (Å²) >= 11 is 0. The Balaban J connectivity index is 2.13. The molecule has 14 heteroatoms. The summed E-state index contributed by atoms with van der Waals surface area (Å²) in [5.41, 5.74) is 5.40. The normalized spacial score (nSPS) is 11.1. The van der Waals surface area contributed by atoms with Crippen LogP contribution in [-0.4, -0.2) is 78.6 Å². The highest BCUT2D eigenvalue weighted by Crippen LogP contribution is 2.20. The van der Waals surface area contributed by atoms with Crippen molar-refractivity contribution in [1.82, 2.24) is 29.7 Å². The molecule has 14 nitrogen and oxygen atoms in total. The molecule has 0 saturated heterocycles. The summed E-state index contributed by atoms with van der Waals surface area (Å²) in [5.74, 6) is -2.21. The number of carbonyl (C=O) groups is 4. The van der Waals surface area contributed by atoms with Gasteiger partial charge < -0.3 is 35.7 Å². The van der Waals surface area contributed by atoms with Gasteiger partial charge in [-0.25, -0.2) is 9.78 Å². The number of carboxylic acids is 1. The number of aliphatic carboxylic acids is 1. The van der Waals surface area contributed by atoms with E-state index in [1.807, 2.05) is 0 Å². The van der Waals surface area contributed by atoms with Crippen LogP contribution in [0.1, 0.15) is 27.7 Å². The summed E-state index contributed by atoms with van der Waals surface area (Å²) in [6.07, 6.45) is 0.624. The van der Waals surface area contributed by atoms with Crippen molar-refractivity contribution < 1.29 is 29.0 Å². The number of ether oxygens (including phenoxy) is 1. The van der Waals surface area contributed by atoms with Gasteiger partial charge in [-0.1, -0.05) is 0 Å². The summed E-state index contributed by atoms with van der Waals surface area (Å²) in [4.78, 5) is 60.2. The van der Waals surface area contributed by atoms with Gasteiger partial charge in [0.15, 0.2) is 17.0 Å². The number of hydrogen-bond donors (Lipinski definition) is 4. The number of alkyl carbamates (subject to hydrolysis) is 1. The van der Waals surface area contributed by atoms with Gasteiger partial charge in [0.2, 0.25) is 17.8 Å². The maximum Gasteiger partial charge on any atom is 0.407 e. The Morgan fingerprint density at radius 2 is 1.94 bits per heavy atom. The van der Waals surface area contributed by atoms with Gasteiger partial charge in [-0.2, -0.15) is 9.97 Å². The molecule has 0 aliphatic rings. The van der Waals surface area contributed by atoms with Crippen LogP contribution in [0.5, 0.6) is 0 Å². The van der Waals surface area contributed by atoms with Crippen LogP contribution in [0.25, 0.3) is 11.2 Å². The Morgan fingerprint density at radius 1 is 1.25 bits per heavy atom. The van der Waals surface area contributed by atoms with Crippen LogP contribution in [0.2, 0.25) is 0 Å². The standard InChI is InChI=1S/C18H26N8O6/c1-10(27)22-14-13-15(24-16(19)23-14)26(9-21-13)7-11(28)25(8-12(29)30)6-5-20-17(31)32-18(2,3)4/h9H,5-8H2,1-4H3,(H,20,31)(H,29,30)(H3,19,22,23,24,27). The lowest BCUT2D eigenvalue weighted by Gasteiger charge is -2.23. The predicted octanol–water partition coefficient (Wildman–Crippen LogP) is -0.195. The molecule has 0 aromatic carbocycles. The maximum absolute atomic E-state index is 12.8. The highest BCUT2D eigenvalue weighted by Gasteiger charge is 2.21. The first-order valence-electron chi connectivity index (χ1n) is 9.58. The molecule has 0 bridgehead atoms. The average Bonchev–Trinajstić information content (AvgIpc) is 3.01. The minimum atomic E-state index is -1.22. The molecule has 5 N–H and O–H groups in total. The third-order valence-electron chi connectivity index (χ3n) is 3.81. The molecule has 0 saturated carbocycles. The van der Waals surface area contributed by atoms with Crippen molar-refractivity contribution in [3.8, 4) is 0 Å². The number of nitrogens with zero attached hydrogens (tertiary/aromatic N) is 5. The largest absolute Gasteiger partial charge is 0.480 e. The molecule has 0 spiro atoms. The molecule has 0 aliphatic carbocycles. The minimum absolute atomic E-state index is 0.0135.